The van der Waals surface area contributed by atoms with Crippen molar-refractivity contribution >= 4 is 28.1 Å². The summed E-state index contributed by atoms with van der Waals surface area (Å²) in [4.78, 5) is 22.0. The predicted octanol–water partition coefficient (Wildman–Crippen LogP) is 6.03. The van der Waals surface area contributed by atoms with Gasteiger partial charge in [0.1, 0.15) is 5.82 Å². The predicted molar refractivity (Wildman–Crippen MR) is 140 cm³/mol. The number of carbonyl (C=O) groups excluding carboxylic acids is 1. The third-order valence-corrected chi connectivity index (χ3v) is 7.91. The summed E-state index contributed by atoms with van der Waals surface area (Å²) < 4.78 is 14.6. The highest BCUT2D eigenvalue weighted by Gasteiger charge is 2.32. The summed E-state index contributed by atoms with van der Waals surface area (Å²) in [6, 6.07) is 19.3. The highest BCUT2D eigenvalue weighted by Crippen LogP contribution is 2.29. The molecule has 0 radical (unpaired) electrons. The average molecular weight is 488 g/mol. The molecule has 1 atom stereocenters. The van der Waals surface area contributed by atoms with Crippen LogP contribution in [0.15, 0.2) is 77.6 Å². The molecular formula is C29H30FN3OS. The second kappa shape index (κ2) is 10.7. The lowest BCUT2D eigenvalue weighted by Gasteiger charge is -2.40. The number of likely N-dealkylation sites (tertiary alicyclic amines) is 1. The van der Waals surface area contributed by atoms with E-state index in [1.54, 1.807) is 6.07 Å². The Kier molecular flexibility index (Phi) is 7.21. The average Bonchev–Trinajstić information content (AvgIpc) is 3.43. The van der Waals surface area contributed by atoms with E-state index in [0.29, 0.717) is 23.5 Å². The first kappa shape index (κ1) is 23.6. The van der Waals surface area contributed by atoms with Crippen molar-refractivity contribution in [1.29, 1.82) is 0 Å². The summed E-state index contributed by atoms with van der Waals surface area (Å²) in [7, 11) is 1.88. The molecule has 4 aromatic rings. The lowest BCUT2D eigenvalue weighted by atomic mass is 9.84. The number of rotatable bonds is 7. The molecule has 3 heterocycles. The van der Waals surface area contributed by atoms with E-state index in [1.165, 1.54) is 28.4 Å². The van der Waals surface area contributed by atoms with E-state index in [2.05, 4.69) is 34.1 Å². The van der Waals surface area contributed by atoms with Gasteiger partial charge in [0.15, 0.2) is 0 Å². The number of thiophene rings is 1. The molecule has 6 heteroatoms. The molecule has 35 heavy (non-hydrogen) atoms. The van der Waals surface area contributed by atoms with Crippen molar-refractivity contribution in [3.63, 3.8) is 0 Å². The van der Waals surface area contributed by atoms with Gasteiger partial charge in [0.2, 0.25) is 0 Å². The monoisotopic (exact) mass is 487 g/mol. The van der Waals surface area contributed by atoms with Gasteiger partial charge in [-0.3, -0.25) is 14.7 Å². The van der Waals surface area contributed by atoms with Crippen LogP contribution in [0.25, 0.3) is 10.9 Å². The van der Waals surface area contributed by atoms with Crippen LogP contribution in [0.1, 0.15) is 34.3 Å². The number of piperidine rings is 1. The number of fused-ring (bicyclic) bond motifs is 1. The van der Waals surface area contributed by atoms with E-state index in [-0.39, 0.29) is 17.8 Å². The van der Waals surface area contributed by atoms with Crippen LogP contribution in [-0.2, 0) is 13.0 Å². The van der Waals surface area contributed by atoms with Gasteiger partial charge in [0.25, 0.3) is 5.91 Å². The standard InChI is InChI=1S/C29H30FN3OS/c1-32(29(34)25-12-16-35-20-25)28(18-23-5-2-3-7-26(23)30)22-10-14-33(15-11-22)19-21-8-9-27-24(17-21)6-4-13-31-27/h2-9,12-13,16-17,20,22,28H,10-11,14-15,18-19H2,1H3/t28-/m0/s1. The zero-order chi connectivity index (χ0) is 24.2. The molecule has 1 amide bonds. The number of amides is 1. The van der Waals surface area contributed by atoms with Crippen LogP contribution in [0.2, 0.25) is 0 Å². The molecule has 1 saturated heterocycles. The highest BCUT2D eigenvalue weighted by molar-refractivity contribution is 7.08. The number of likely N-dealkylation sites (N-methyl/N-ethyl adjacent to an activating group) is 1. The number of pyridine rings is 1. The Bertz CT molecular complexity index is 1280. The van der Waals surface area contributed by atoms with Crippen molar-refractivity contribution in [2.75, 3.05) is 20.1 Å². The van der Waals surface area contributed by atoms with Crippen LogP contribution in [0.3, 0.4) is 0 Å². The summed E-state index contributed by atoms with van der Waals surface area (Å²) in [5, 5.41) is 4.98. The van der Waals surface area contributed by atoms with E-state index in [4.69, 9.17) is 0 Å². The van der Waals surface area contributed by atoms with Crippen LogP contribution in [0.4, 0.5) is 4.39 Å². The maximum absolute atomic E-state index is 14.6. The van der Waals surface area contributed by atoms with Crippen molar-refractivity contribution in [3.05, 3.63) is 100 Å². The SMILES string of the molecule is CN(C(=O)c1ccsc1)[C@@H](Cc1ccccc1F)C1CCN(Cc2ccc3ncccc3c2)CC1. The molecule has 1 fully saturated rings. The molecule has 0 saturated carbocycles. The first-order valence-corrected chi connectivity index (χ1v) is 13.1. The molecule has 2 aromatic heterocycles. The van der Waals surface area contributed by atoms with Crippen molar-refractivity contribution < 1.29 is 9.18 Å². The lowest BCUT2D eigenvalue weighted by Crippen LogP contribution is -2.47. The van der Waals surface area contributed by atoms with E-state index in [0.717, 1.165) is 38.0 Å². The van der Waals surface area contributed by atoms with E-state index in [9.17, 15) is 9.18 Å². The van der Waals surface area contributed by atoms with Gasteiger partial charge in [-0.05, 0) is 85.1 Å². The van der Waals surface area contributed by atoms with E-state index < -0.39 is 0 Å². The number of halogens is 1. The fraction of sp³-hybridized carbons (Fsp3) is 0.310. The minimum absolute atomic E-state index is 0.0137. The zero-order valence-corrected chi connectivity index (χ0v) is 20.8. The zero-order valence-electron chi connectivity index (χ0n) is 19.9. The molecule has 5 rings (SSSR count). The Labute approximate surface area is 210 Å². The minimum Gasteiger partial charge on any atom is -0.338 e. The number of benzene rings is 2. The molecule has 4 nitrogen and oxygen atoms in total. The number of aromatic nitrogens is 1. The molecule has 1 aliphatic rings. The number of hydrogen-bond donors (Lipinski definition) is 0. The summed E-state index contributed by atoms with van der Waals surface area (Å²) in [5.74, 6) is 0.135. The maximum Gasteiger partial charge on any atom is 0.254 e. The van der Waals surface area contributed by atoms with Crippen molar-refractivity contribution in [2.24, 2.45) is 5.92 Å². The number of carbonyl (C=O) groups is 1. The molecule has 0 aliphatic carbocycles. The molecule has 0 N–H and O–H groups in total. The Morgan fingerprint density at radius 1 is 1.14 bits per heavy atom. The Balaban J connectivity index is 1.29. The minimum atomic E-state index is -0.197. The molecule has 180 valence electrons. The van der Waals surface area contributed by atoms with Crippen molar-refractivity contribution in [3.8, 4) is 0 Å². The van der Waals surface area contributed by atoms with Gasteiger partial charge >= 0.3 is 0 Å². The normalized spacial score (nSPS) is 15.8. The van der Waals surface area contributed by atoms with Gasteiger partial charge in [0, 0.05) is 36.6 Å². The molecule has 0 spiro atoms. The number of hydrogen-bond acceptors (Lipinski definition) is 4. The quantitative estimate of drug-likeness (QED) is 0.319. The first-order valence-electron chi connectivity index (χ1n) is 12.2. The van der Waals surface area contributed by atoms with Gasteiger partial charge in [-0.2, -0.15) is 11.3 Å². The summed E-state index contributed by atoms with van der Waals surface area (Å²) in [6.45, 7) is 2.83. The fourth-order valence-electron chi connectivity index (χ4n) is 5.23. The summed E-state index contributed by atoms with van der Waals surface area (Å²) in [5.41, 5.74) is 3.69. The first-order chi connectivity index (χ1) is 17.1. The summed E-state index contributed by atoms with van der Waals surface area (Å²) in [6.07, 6.45) is 4.32. The van der Waals surface area contributed by atoms with E-state index >= 15 is 0 Å². The highest BCUT2D eigenvalue weighted by atomic mass is 32.1. The van der Waals surface area contributed by atoms with E-state index in [1.807, 2.05) is 53.2 Å². The van der Waals surface area contributed by atoms with Gasteiger partial charge in [-0.15, -0.1) is 0 Å². The number of nitrogens with zero attached hydrogens (tertiary/aromatic N) is 3. The second-order valence-electron chi connectivity index (χ2n) is 9.43. The second-order valence-corrected chi connectivity index (χ2v) is 10.2. The lowest BCUT2D eigenvalue weighted by molar-refractivity contribution is 0.0584. The molecule has 1 aliphatic heterocycles. The van der Waals surface area contributed by atoms with Crippen molar-refractivity contribution in [1.82, 2.24) is 14.8 Å². The third kappa shape index (κ3) is 5.44. The fourth-order valence-corrected chi connectivity index (χ4v) is 5.86. The van der Waals surface area contributed by atoms with Crippen LogP contribution in [0.5, 0.6) is 0 Å². The van der Waals surface area contributed by atoms with Gasteiger partial charge in [-0.1, -0.05) is 30.3 Å². The van der Waals surface area contributed by atoms with Gasteiger partial charge < -0.3 is 4.90 Å². The molecular weight excluding hydrogens is 457 g/mol. The van der Waals surface area contributed by atoms with Gasteiger partial charge in [0.05, 0.1) is 11.1 Å². The Morgan fingerprint density at radius 2 is 1.97 bits per heavy atom. The van der Waals surface area contributed by atoms with Crippen LogP contribution in [0, 0.1) is 11.7 Å². The largest absolute Gasteiger partial charge is 0.338 e. The molecule has 0 bridgehead atoms. The molecule has 2 aromatic carbocycles. The Morgan fingerprint density at radius 3 is 2.74 bits per heavy atom. The maximum atomic E-state index is 14.6. The third-order valence-electron chi connectivity index (χ3n) is 7.22. The molecule has 0 unspecified atom stereocenters. The van der Waals surface area contributed by atoms with Crippen LogP contribution < -0.4 is 0 Å². The Hall–Kier alpha value is -3.09. The smallest absolute Gasteiger partial charge is 0.254 e. The topological polar surface area (TPSA) is 36.4 Å². The summed E-state index contributed by atoms with van der Waals surface area (Å²) >= 11 is 1.52. The van der Waals surface area contributed by atoms with Crippen molar-refractivity contribution in [2.45, 2.75) is 31.8 Å². The van der Waals surface area contributed by atoms with Crippen LogP contribution >= 0.6 is 11.3 Å². The van der Waals surface area contributed by atoms with Crippen LogP contribution in [-0.4, -0.2) is 46.9 Å². The van der Waals surface area contributed by atoms with Gasteiger partial charge in [-0.25, -0.2) is 4.39 Å².